The van der Waals surface area contributed by atoms with Crippen LogP contribution in [0, 0.1) is 0 Å². The van der Waals surface area contributed by atoms with Gasteiger partial charge in [0.05, 0.1) is 0 Å². The highest BCUT2D eigenvalue weighted by Crippen LogP contribution is 2.29. The minimum absolute atomic E-state index is 0.103. The molecule has 2 rings (SSSR count). The van der Waals surface area contributed by atoms with Gasteiger partial charge in [-0.05, 0) is 0 Å². The Morgan fingerprint density at radius 3 is 2.82 bits per heavy atom. The van der Waals surface area contributed by atoms with E-state index < -0.39 is 0 Å². The first-order chi connectivity index (χ1) is 5.18. The summed E-state index contributed by atoms with van der Waals surface area (Å²) in [5, 5.41) is 13.2. The zero-order valence-electron chi connectivity index (χ0n) is 5.35. The Morgan fingerprint density at radius 1 is 1.45 bits per heavy atom. The van der Waals surface area contributed by atoms with Gasteiger partial charge in [0.25, 0.3) is 0 Å². The van der Waals surface area contributed by atoms with Crippen molar-refractivity contribution in [2.24, 2.45) is 0 Å². The lowest BCUT2D eigenvalue weighted by molar-refractivity contribution is 0.443. The van der Waals surface area contributed by atoms with Crippen molar-refractivity contribution in [3.63, 3.8) is 0 Å². The lowest BCUT2D eigenvalue weighted by atomic mass is 10.8. The predicted octanol–water partition coefficient (Wildman–Crippen LogP) is -0.339. The first kappa shape index (κ1) is 6.23. The van der Waals surface area contributed by atoms with E-state index in [4.69, 9.17) is 11.5 Å². The summed E-state index contributed by atoms with van der Waals surface area (Å²) in [5.41, 5.74) is 10.6. The van der Waals surface area contributed by atoms with E-state index in [0.29, 0.717) is 9.96 Å². The van der Waals surface area contributed by atoms with Crippen LogP contribution in [-0.4, -0.2) is 19.7 Å². The molecule has 6 nitrogen and oxygen atoms in total. The average Bonchev–Trinajstić information content (AvgIpc) is 2.37. The maximum atomic E-state index is 9.20. The van der Waals surface area contributed by atoms with Crippen LogP contribution in [0.15, 0.2) is 0 Å². The van der Waals surface area contributed by atoms with Gasteiger partial charge in [0.2, 0.25) is 16.8 Å². The number of rotatable bonds is 0. The van der Waals surface area contributed by atoms with Crippen LogP contribution < -0.4 is 11.5 Å². The highest BCUT2D eigenvalue weighted by Gasteiger charge is 2.10. The van der Waals surface area contributed by atoms with Crippen LogP contribution in [-0.2, 0) is 0 Å². The number of fused-ring (bicyclic) bond motifs is 1. The fourth-order valence-corrected chi connectivity index (χ4v) is 1.49. The third-order valence-electron chi connectivity index (χ3n) is 1.22. The van der Waals surface area contributed by atoms with Crippen LogP contribution in [0.25, 0.3) is 4.96 Å². The summed E-state index contributed by atoms with van der Waals surface area (Å²) in [7, 11) is 0. The van der Waals surface area contributed by atoms with Crippen molar-refractivity contribution in [3.8, 4) is 5.88 Å². The molecule has 5 N–H and O–H groups in total. The number of aromatic hydroxyl groups is 1. The molecule has 11 heavy (non-hydrogen) atoms. The van der Waals surface area contributed by atoms with Crippen molar-refractivity contribution in [3.05, 3.63) is 0 Å². The quantitative estimate of drug-likeness (QED) is 0.503. The number of hydrogen-bond acceptors (Lipinski definition) is 6. The predicted molar refractivity (Wildman–Crippen MR) is 41.4 cm³/mol. The summed E-state index contributed by atoms with van der Waals surface area (Å²) < 4.78 is 1.20. The Bertz CT molecular complexity index is 404. The Hall–Kier alpha value is -1.50. The summed E-state index contributed by atoms with van der Waals surface area (Å²) in [5.74, 6) is 0.0285. The molecule has 0 bridgehead atoms. The Kier molecular flexibility index (Phi) is 0.994. The fraction of sp³-hybridized carbons (Fsp3) is 0. The summed E-state index contributed by atoms with van der Waals surface area (Å²) in [6, 6.07) is 0. The molecule has 0 atom stereocenters. The second-order valence-corrected chi connectivity index (χ2v) is 2.96. The van der Waals surface area contributed by atoms with Gasteiger partial charge in [0.1, 0.15) is 0 Å². The third-order valence-corrected chi connectivity index (χ3v) is 2.07. The normalized spacial score (nSPS) is 10.9. The van der Waals surface area contributed by atoms with Gasteiger partial charge >= 0.3 is 0 Å². The number of anilines is 2. The lowest BCUT2D eigenvalue weighted by Crippen LogP contribution is -1.89. The molecule has 0 saturated heterocycles. The molecule has 0 radical (unpaired) electrons. The largest absolute Gasteiger partial charge is 0.491 e. The van der Waals surface area contributed by atoms with E-state index in [0.717, 1.165) is 11.3 Å². The Balaban J connectivity index is 2.88. The molecule has 0 aliphatic carbocycles. The van der Waals surface area contributed by atoms with Crippen LogP contribution in [0.3, 0.4) is 0 Å². The number of hydrogen-bond donors (Lipinski definition) is 3. The topological polar surface area (TPSA) is 102 Å². The van der Waals surface area contributed by atoms with Crippen molar-refractivity contribution in [2.75, 3.05) is 11.5 Å². The summed E-state index contributed by atoms with van der Waals surface area (Å²) in [6.07, 6.45) is 0. The van der Waals surface area contributed by atoms with Crippen molar-refractivity contribution in [2.45, 2.75) is 0 Å². The van der Waals surface area contributed by atoms with Gasteiger partial charge in [0, 0.05) is 0 Å². The van der Waals surface area contributed by atoms with Crippen LogP contribution >= 0.6 is 11.3 Å². The van der Waals surface area contributed by atoms with E-state index in [2.05, 4.69) is 10.1 Å². The fourth-order valence-electron chi connectivity index (χ4n) is 0.765. The molecule has 2 heterocycles. The Morgan fingerprint density at radius 2 is 2.18 bits per heavy atom. The maximum Gasteiger partial charge on any atom is 0.249 e. The smallest absolute Gasteiger partial charge is 0.249 e. The molecule has 0 spiro atoms. The number of aromatic nitrogens is 3. The average molecular weight is 171 g/mol. The summed E-state index contributed by atoms with van der Waals surface area (Å²) in [6.45, 7) is 0. The molecule has 0 aliphatic rings. The van der Waals surface area contributed by atoms with Gasteiger partial charge in [-0.1, -0.05) is 11.3 Å². The zero-order chi connectivity index (χ0) is 8.01. The molecule has 7 heteroatoms. The second-order valence-electron chi connectivity index (χ2n) is 1.95. The van der Waals surface area contributed by atoms with Crippen molar-refractivity contribution in [1.82, 2.24) is 14.6 Å². The molecule has 2 aromatic rings. The number of nitrogen functional groups attached to an aromatic ring is 2. The van der Waals surface area contributed by atoms with E-state index in [-0.39, 0.29) is 11.8 Å². The first-order valence-electron chi connectivity index (χ1n) is 2.78. The standard InChI is InChI=1S/C4H5N5OS/c5-1-2(10)9-4(11-1)7-3(6)8-9/h10H,5H2,(H2,6,8). The molecule has 2 aromatic heterocycles. The van der Waals surface area contributed by atoms with E-state index in [1.165, 1.54) is 4.52 Å². The molecule has 0 unspecified atom stereocenters. The molecular formula is C4H5N5OS. The summed E-state index contributed by atoms with van der Waals surface area (Å²) in [4.78, 5) is 4.30. The van der Waals surface area contributed by atoms with Crippen LogP contribution in [0.1, 0.15) is 0 Å². The van der Waals surface area contributed by atoms with Gasteiger partial charge < -0.3 is 16.6 Å². The van der Waals surface area contributed by atoms with Crippen LogP contribution in [0.2, 0.25) is 0 Å². The minimum atomic E-state index is -0.103. The maximum absolute atomic E-state index is 9.20. The van der Waals surface area contributed by atoms with E-state index in [1.54, 1.807) is 0 Å². The van der Waals surface area contributed by atoms with E-state index >= 15 is 0 Å². The van der Waals surface area contributed by atoms with Crippen molar-refractivity contribution < 1.29 is 5.11 Å². The Labute approximate surface area is 65.1 Å². The molecule has 0 aromatic carbocycles. The van der Waals surface area contributed by atoms with Crippen LogP contribution in [0.5, 0.6) is 5.88 Å². The highest BCUT2D eigenvalue weighted by atomic mass is 32.1. The molecule has 58 valence electrons. The van der Waals surface area contributed by atoms with Gasteiger partial charge in [-0.2, -0.15) is 9.50 Å². The van der Waals surface area contributed by atoms with Crippen molar-refractivity contribution in [1.29, 1.82) is 0 Å². The van der Waals surface area contributed by atoms with E-state index in [9.17, 15) is 5.11 Å². The van der Waals surface area contributed by atoms with Gasteiger partial charge in [-0.15, -0.1) is 5.10 Å². The van der Waals surface area contributed by atoms with Gasteiger partial charge in [0.15, 0.2) is 5.00 Å². The second kappa shape index (κ2) is 1.76. The van der Waals surface area contributed by atoms with Gasteiger partial charge in [-0.25, -0.2) is 0 Å². The lowest BCUT2D eigenvalue weighted by Gasteiger charge is -1.85. The van der Waals surface area contributed by atoms with Gasteiger partial charge in [-0.3, -0.25) is 0 Å². The number of nitrogens with two attached hydrogens (primary N) is 2. The molecular weight excluding hydrogens is 166 g/mol. The molecule has 0 fully saturated rings. The SMILES string of the molecule is Nc1nc2sc(N)c(O)n2n1. The highest BCUT2D eigenvalue weighted by molar-refractivity contribution is 7.21. The van der Waals surface area contributed by atoms with Crippen LogP contribution in [0.4, 0.5) is 10.9 Å². The summed E-state index contributed by atoms with van der Waals surface area (Å²) >= 11 is 1.14. The number of nitrogens with zero attached hydrogens (tertiary/aromatic N) is 3. The monoisotopic (exact) mass is 171 g/mol. The molecule has 0 saturated carbocycles. The zero-order valence-corrected chi connectivity index (χ0v) is 6.17. The van der Waals surface area contributed by atoms with E-state index in [1.807, 2.05) is 0 Å². The minimum Gasteiger partial charge on any atom is -0.491 e. The number of thiazole rings is 1. The van der Waals surface area contributed by atoms with Crippen molar-refractivity contribution >= 4 is 27.2 Å². The first-order valence-corrected chi connectivity index (χ1v) is 3.59. The molecule has 0 amide bonds. The molecule has 0 aliphatic heterocycles. The third kappa shape index (κ3) is 0.709.